The highest BCUT2D eigenvalue weighted by molar-refractivity contribution is 6.43. The van der Waals surface area contributed by atoms with Gasteiger partial charge in [0.1, 0.15) is 5.82 Å². The van der Waals surface area contributed by atoms with E-state index in [2.05, 4.69) is 15.3 Å². The Bertz CT molecular complexity index is 574. The van der Waals surface area contributed by atoms with Crippen molar-refractivity contribution in [1.82, 2.24) is 15.3 Å². The van der Waals surface area contributed by atoms with Crippen LogP contribution in [0.4, 0.5) is 0 Å². The Kier molecular flexibility index (Phi) is 3.78. The van der Waals surface area contributed by atoms with Gasteiger partial charge in [0.05, 0.1) is 21.9 Å². The molecule has 3 nitrogen and oxygen atoms in total. The van der Waals surface area contributed by atoms with E-state index in [-0.39, 0.29) is 0 Å². The van der Waals surface area contributed by atoms with Crippen molar-refractivity contribution in [3.63, 3.8) is 0 Å². The molecule has 1 aliphatic rings. The summed E-state index contributed by atoms with van der Waals surface area (Å²) in [4.78, 5) is 7.89. The number of hydrogen-bond acceptors (Lipinski definition) is 2. The molecule has 19 heavy (non-hydrogen) atoms. The highest BCUT2D eigenvalue weighted by Crippen LogP contribution is 2.33. The van der Waals surface area contributed by atoms with Gasteiger partial charge in [0, 0.05) is 11.5 Å². The first kappa shape index (κ1) is 13.0. The molecule has 0 aliphatic carbocycles. The van der Waals surface area contributed by atoms with E-state index in [0.29, 0.717) is 16.0 Å². The first-order valence-electron chi connectivity index (χ1n) is 6.45. The van der Waals surface area contributed by atoms with Crippen molar-refractivity contribution >= 4 is 23.2 Å². The second-order valence-electron chi connectivity index (χ2n) is 4.81. The predicted molar refractivity (Wildman–Crippen MR) is 78.9 cm³/mol. The molecule has 1 aliphatic heterocycles. The molecule has 0 saturated carbocycles. The van der Waals surface area contributed by atoms with E-state index in [1.165, 1.54) is 0 Å². The summed E-state index contributed by atoms with van der Waals surface area (Å²) in [6, 6.07) is 5.64. The maximum Gasteiger partial charge on any atom is 0.109 e. The monoisotopic (exact) mass is 295 g/mol. The molecule has 1 saturated heterocycles. The number of aromatic nitrogens is 2. The number of halogens is 2. The van der Waals surface area contributed by atoms with E-state index in [9.17, 15) is 0 Å². The third-order valence-corrected chi connectivity index (χ3v) is 4.38. The molecule has 5 heteroatoms. The number of nitrogens with zero attached hydrogens (tertiary/aromatic N) is 1. The van der Waals surface area contributed by atoms with Gasteiger partial charge in [0.15, 0.2) is 0 Å². The highest BCUT2D eigenvalue weighted by Gasteiger charge is 2.19. The zero-order chi connectivity index (χ0) is 13.2. The molecule has 2 aromatic rings. The second kappa shape index (κ2) is 5.53. The van der Waals surface area contributed by atoms with E-state index in [4.69, 9.17) is 23.2 Å². The molecule has 100 valence electrons. The summed E-state index contributed by atoms with van der Waals surface area (Å²) in [6.07, 6.45) is 4.08. The highest BCUT2D eigenvalue weighted by atomic mass is 35.5. The van der Waals surface area contributed by atoms with E-state index in [1.54, 1.807) is 6.07 Å². The lowest BCUT2D eigenvalue weighted by molar-refractivity contribution is 0.447. The number of rotatable bonds is 2. The average molecular weight is 296 g/mol. The summed E-state index contributed by atoms with van der Waals surface area (Å²) in [5.41, 5.74) is 1.84. The molecule has 2 heterocycles. The van der Waals surface area contributed by atoms with Crippen molar-refractivity contribution in [3.05, 3.63) is 40.3 Å². The number of piperidine rings is 1. The molecule has 1 aromatic carbocycles. The lowest BCUT2D eigenvalue weighted by Crippen LogP contribution is -2.27. The first-order chi connectivity index (χ1) is 9.25. The van der Waals surface area contributed by atoms with Crippen molar-refractivity contribution in [2.24, 2.45) is 0 Å². The largest absolute Gasteiger partial charge is 0.342 e. The molecule has 0 unspecified atom stereocenters. The summed E-state index contributed by atoms with van der Waals surface area (Å²) in [5, 5.41) is 4.50. The summed E-state index contributed by atoms with van der Waals surface area (Å²) in [5.74, 6) is 1.56. The van der Waals surface area contributed by atoms with E-state index < -0.39 is 0 Å². The molecule has 0 amide bonds. The van der Waals surface area contributed by atoms with Crippen LogP contribution in [0.5, 0.6) is 0 Å². The van der Waals surface area contributed by atoms with Gasteiger partial charge in [-0.3, -0.25) is 0 Å². The van der Waals surface area contributed by atoms with Gasteiger partial charge in [-0.1, -0.05) is 35.3 Å². The van der Waals surface area contributed by atoms with Crippen LogP contribution in [0, 0.1) is 0 Å². The maximum atomic E-state index is 6.23. The van der Waals surface area contributed by atoms with Gasteiger partial charge in [-0.25, -0.2) is 4.98 Å². The number of hydrogen-bond donors (Lipinski definition) is 2. The Morgan fingerprint density at radius 3 is 2.74 bits per heavy atom. The fourth-order valence-corrected chi connectivity index (χ4v) is 2.89. The molecular formula is C14H15Cl2N3. The number of imidazole rings is 1. The van der Waals surface area contributed by atoms with Gasteiger partial charge in [0.2, 0.25) is 0 Å². The summed E-state index contributed by atoms with van der Waals surface area (Å²) in [6.45, 7) is 2.11. The van der Waals surface area contributed by atoms with Gasteiger partial charge >= 0.3 is 0 Å². The molecular weight excluding hydrogens is 281 g/mol. The third kappa shape index (κ3) is 2.64. The third-order valence-electron chi connectivity index (χ3n) is 3.56. The van der Waals surface area contributed by atoms with Gasteiger partial charge in [-0.2, -0.15) is 0 Å². The minimum absolute atomic E-state index is 0.507. The second-order valence-corrected chi connectivity index (χ2v) is 5.59. The zero-order valence-electron chi connectivity index (χ0n) is 10.4. The van der Waals surface area contributed by atoms with Crippen LogP contribution >= 0.6 is 23.2 Å². The fraction of sp³-hybridized carbons (Fsp3) is 0.357. The summed E-state index contributed by atoms with van der Waals surface area (Å²) < 4.78 is 0. The van der Waals surface area contributed by atoms with Crippen LogP contribution in [0.15, 0.2) is 24.4 Å². The van der Waals surface area contributed by atoms with Crippen LogP contribution in [0.3, 0.4) is 0 Å². The normalized spacial score (nSPS) is 16.7. The maximum absolute atomic E-state index is 6.23. The van der Waals surface area contributed by atoms with Crippen LogP contribution < -0.4 is 5.32 Å². The zero-order valence-corrected chi connectivity index (χ0v) is 11.9. The fourth-order valence-electron chi connectivity index (χ4n) is 2.49. The van der Waals surface area contributed by atoms with Crippen LogP contribution in [-0.2, 0) is 0 Å². The SMILES string of the molecule is Clc1cccc(-c2cnc(C3CCNCC3)[nH]2)c1Cl. The number of H-pyrrole nitrogens is 1. The van der Waals surface area contributed by atoms with Crippen molar-refractivity contribution in [1.29, 1.82) is 0 Å². The van der Waals surface area contributed by atoms with Gasteiger partial charge < -0.3 is 10.3 Å². The topological polar surface area (TPSA) is 40.7 Å². The Labute approximate surface area is 122 Å². The minimum atomic E-state index is 0.507. The minimum Gasteiger partial charge on any atom is -0.342 e. The molecule has 3 rings (SSSR count). The summed E-state index contributed by atoms with van der Waals surface area (Å²) in [7, 11) is 0. The Morgan fingerprint density at radius 2 is 1.95 bits per heavy atom. The van der Waals surface area contributed by atoms with Crippen molar-refractivity contribution in [2.45, 2.75) is 18.8 Å². The molecule has 0 bridgehead atoms. The molecule has 1 fully saturated rings. The Morgan fingerprint density at radius 1 is 1.16 bits per heavy atom. The lowest BCUT2D eigenvalue weighted by Gasteiger charge is -2.20. The molecule has 0 spiro atoms. The molecule has 2 N–H and O–H groups in total. The molecule has 0 radical (unpaired) electrons. The van der Waals surface area contributed by atoms with Crippen LogP contribution in [0.2, 0.25) is 10.0 Å². The van der Waals surface area contributed by atoms with Gasteiger partial charge in [0.25, 0.3) is 0 Å². The van der Waals surface area contributed by atoms with E-state index >= 15 is 0 Å². The quantitative estimate of drug-likeness (QED) is 0.883. The smallest absolute Gasteiger partial charge is 0.109 e. The van der Waals surface area contributed by atoms with Crippen molar-refractivity contribution < 1.29 is 0 Å². The Hall–Kier alpha value is -1.03. The van der Waals surface area contributed by atoms with Crippen LogP contribution in [-0.4, -0.2) is 23.1 Å². The number of nitrogens with one attached hydrogen (secondary N) is 2. The van der Waals surface area contributed by atoms with E-state index in [0.717, 1.165) is 43.0 Å². The van der Waals surface area contributed by atoms with Gasteiger partial charge in [-0.05, 0) is 32.0 Å². The van der Waals surface area contributed by atoms with Crippen LogP contribution in [0.1, 0.15) is 24.6 Å². The predicted octanol–water partition coefficient (Wildman–Crippen LogP) is 3.85. The molecule has 1 aromatic heterocycles. The van der Waals surface area contributed by atoms with Crippen molar-refractivity contribution in [3.8, 4) is 11.3 Å². The van der Waals surface area contributed by atoms with Gasteiger partial charge in [-0.15, -0.1) is 0 Å². The number of aromatic amines is 1. The van der Waals surface area contributed by atoms with E-state index in [1.807, 2.05) is 18.3 Å². The van der Waals surface area contributed by atoms with Crippen molar-refractivity contribution in [2.75, 3.05) is 13.1 Å². The molecule has 0 atom stereocenters. The number of benzene rings is 1. The summed E-state index contributed by atoms with van der Waals surface area (Å²) >= 11 is 12.3. The average Bonchev–Trinajstić information content (AvgIpc) is 2.92. The standard InChI is InChI=1S/C14H15Cl2N3/c15-11-3-1-2-10(13(11)16)12-8-18-14(19-12)9-4-6-17-7-5-9/h1-3,8-9,17H,4-7H2,(H,18,19). The van der Waals surface area contributed by atoms with Crippen LogP contribution in [0.25, 0.3) is 11.3 Å². The Balaban J connectivity index is 1.90. The first-order valence-corrected chi connectivity index (χ1v) is 7.21. The lowest BCUT2D eigenvalue weighted by atomic mass is 9.98.